The molecule has 0 aliphatic heterocycles. The van der Waals surface area contributed by atoms with Gasteiger partial charge in [-0.2, -0.15) is 0 Å². The van der Waals surface area contributed by atoms with Crippen LogP contribution in [0.15, 0.2) is 200 Å². The Balaban J connectivity index is 1.28. The van der Waals surface area contributed by atoms with Gasteiger partial charge in [0.25, 0.3) is 0 Å². The van der Waals surface area contributed by atoms with E-state index in [-0.39, 0.29) is 5.82 Å². The molecule has 0 unspecified atom stereocenters. The summed E-state index contributed by atoms with van der Waals surface area (Å²) < 4.78 is 17.0. The van der Waals surface area contributed by atoms with E-state index in [0.717, 1.165) is 77.6 Å². The molecular weight excluding hydrogens is 688 g/mol. The minimum Gasteiger partial charge on any atom is -0.308 e. The van der Waals surface area contributed by atoms with Crippen molar-refractivity contribution in [3.05, 3.63) is 206 Å². The van der Waals surface area contributed by atoms with Gasteiger partial charge in [0, 0.05) is 27.5 Å². The molecule has 0 aliphatic carbocycles. The molecule has 264 valence electrons. The number of fused-ring (bicyclic) bond motifs is 3. The van der Waals surface area contributed by atoms with E-state index in [1.165, 1.54) is 6.07 Å². The molecule has 10 aromatic rings. The number of rotatable bonds is 7. The van der Waals surface area contributed by atoms with Crippen molar-refractivity contribution >= 4 is 21.8 Å². The first-order valence-electron chi connectivity index (χ1n) is 18.6. The molecule has 0 bridgehead atoms. The summed E-state index contributed by atoms with van der Waals surface area (Å²) in [4.78, 5) is 15.3. The number of hydrogen-bond donors (Lipinski definition) is 0. The van der Waals surface area contributed by atoms with Gasteiger partial charge in [0.1, 0.15) is 5.82 Å². The largest absolute Gasteiger partial charge is 0.308 e. The van der Waals surface area contributed by atoms with Crippen LogP contribution in [-0.4, -0.2) is 19.5 Å². The van der Waals surface area contributed by atoms with Crippen molar-refractivity contribution in [3.63, 3.8) is 0 Å². The zero-order valence-corrected chi connectivity index (χ0v) is 30.2. The molecule has 10 rings (SSSR count). The van der Waals surface area contributed by atoms with Crippen LogP contribution in [0.1, 0.15) is 0 Å². The first-order valence-corrected chi connectivity index (χ1v) is 18.6. The SMILES string of the molecule is Fc1cccc(-c2ccc(-c3nc(-c4ccccc4)nc(-c4ccccc4)n3)c(-n3c4ccc(-c5ccccc5)cc4c4cc(-c5ccccc5)ccc43)c2)c1. The first-order chi connectivity index (χ1) is 27.7. The maximum absolute atomic E-state index is 14.7. The van der Waals surface area contributed by atoms with Crippen molar-refractivity contribution in [2.45, 2.75) is 0 Å². The highest BCUT2D eigenvalue weighted by Crippen LogP contribution is 2.41. The Morgan fingerprint density at radius 3 is 1.23 bits per heavy atom. The fraction of sp³-hybridized carbons (Fsp3) is 0. The number of benzene rings is 8. The summed E-state index contributed by atoms with van der Waals surface area (Å²) in [6.07, 6.45) is 0. The molecule has 56 heavy (non-hydrogen) atoms. The van der Waals surface area contributed by atoms with Crippen LogP contribution in [0.2, 0.25) is 0 Å². The Bertz CT molecular complexity index is 2860. The molecule has 8 aromatic carbocycles. The Morgan fingerprint density at radius 1 is 0.321 bits per heavy atom. The monoisotopic (exact) mass is 720 g/mol. The Hall–Kier alpha value is -7.50. The van der Waals surface area contributed by atoms with Gasteiger partial charge < -0.3 is 4.57 Å². The Labute approximate surface area is 323 Å². The molecule has 0 saturated heterocycles. The summed E-state index contributed by atoms with van der Waals surface area (Å²) in [5, 5.41) is 2.23. The third-order valence-electron chi connectivity index (χ3n) is 10.3. The molecule has 0 fully saturated rings. The molecule has 5 heteroatoms. The van der Waals surface area contributed by atoms with Crippen molar-refractivity contribution < 1.29 is 4.39 Å². The molecular formula is C51H33FN4. The topological polar surface area (TPSA) is 43.6 Å². The molecule has 0 aliphatic rings. The minimum atomic E-state index is -0.288. The van der Waals surface area contributed by atoms with Crippen molar-refractivity contribution in [1.29, 1.82) is 0 Å². The standard InChI is InChI=1S/C51H33FN4/c52-42-23-13-22-38(30-42)41-24-27-43(51-54-49(36-18-9-3-10-19-36)53-50(55-51)37-20-11-4-12-21-37)48(33-41)56-46-28-25-39(34-14-5-1-6-15-34)31-44(46)45-32-40(26-29-47(45)56)35-16-7-2-8-17-35/h1-33H. The summed E-state index contributed by atoms with van der Waals surface area (Å²) in [5.41, 5.74) is 11.8. The second kappa shape index (κ2) is 14.0. The predicted molar refractivity (Wildman–Crippen MR) is 227 cm³/mol. The van der Waals surface area contributed by atoms with E-state index in [9.17, 15) is 4.39 Å². The van der Waals surface area contributed by atoms with Gasteiger partial charge in [0.05, 0.1) is 16.7 Å². The smallest absolute Gasteiger partial charge is 0.166 e. The van der Waals surface area contributed by atoms with E-state index in [0.29, 0.717) is 17.5 Å². The summed E-state index contributed by atoms with van der Waals surface area (Å²) in [6.45, 7) is 0. The molecule has 2 aromatic heterocycles. The van der Waals surface area contributed by atoms with Gasteiger partial charge >= 0.3 is 0 Å². The molecule has 0 radical (unpaired) electrons. The maximum atomic E-state index is 14.7. The van der Waals surface area contributed by atoms with Crippen LogP contribution in [0.5, 0.6) is 0 Å². The molecule has 2 heterocycles. The molecule has 0 saturated carbocycles. The number of aromatic nitrogens is 4. The van der Waals surface area contributed by atoms with Crippen LogP contribution in [0, 0.1) is 5.82 Å². The lowest BCUT2D eigenvalue weighted by molar-refractivity contribution is 0.628. The van der Waals surface area contributed by atoms with E-state index in [2.05, 4.69) is 102 Å². The minimum absolute atomic E-state index is 0.288. The van der Waals surface area contributed by atoms with E-state index in [1.54, 1.807) is 12.1 Å². The van der Waals surface area contributed by atoms with Crippen LogP contribution in [0.3, 0.4) is 0 Å². The van der Waals surface area contributed by atoms with Gasteiger partial charge in [-0.25, -0.2) is 19.3 Å². The van der Waals surface area contributed by atoms with E-state index >= 15 is 0 Å². The summed E-state index contributed by atoms with van der Waals surface area (Å²) in [7, 11) is 0. The third-order valence-corrected chi connectivity index (χ3v) is 10.3. The van der Waals surface area contributed by atoms with E-state index in [4.69, 9.17) is 15.0 Å². The highest BCUT2D eigenvalue weighted by atomic mass is 19.1. The van der Waals surface area contributed by atoms with Gasteiger partial charge in [0.2, 0.25) is 0 Å². The van der Waals surface area contributed by atoms with Gasteiger partial charge in [-0.05, 0) is 81.9 Å². The Kier molecular flexibility index (Phi) is 8.30. The van der Waals surface area contributed by atoms with Crippen LogP contribution in [0.25, 0.3) is 95.0 Å². The van der Waals surface area contributed by atoms with Crippen molar-refractivity contribution in [2.75, 3.05) is 0 Å². The fourth-order valence-electron chi connectivity index (χ4n) is 7.59. The normalized spacial score (nSPS) is 11.3. The van der Waals surface area contributed by atoms with Gasteiger partial charge in [-0.1, -0.05) is 152 Å². The van der Waals surface area contributed by atoms with Crippen molar-refractivity contribution in [1.82, 2.24) is 19.5 Å². The zero-order chi connectivity index (χ0) is 37.4. The highest BCUT2D eigenvalue weighted by Gasteiger charge is 2.21. The first kappa shape index (κ1) is 33.1. The number of nitrogens with zero attached hydrogens (tertiary/aromatic N) is 4. The molecule has 0 N–H and O–H groups in total. The lowest BCUT2D eigenvalue weighted by Crippen LogP contribution is -2.04. The summed E-state index contributed by atoms with van der Waals surface area (Å²) >= 11 is 0. The van der Waals surface area contributed by atoms with Gasteiger partial charge in [0.15, 0.2) is 17.5 Å². The van der Waals surface area contributed by atoms with Gasteiger partial charge in [-0.3, -0.25) is 0 Å². The third kappa shape index (κ3) is 6.11. The number of halogens is 1. The second-order valence-corrected chi connectivity index (χ2v) is 13.8. The summed E-state index contributed by atoms with van der Waals surface area (Å²) in [6, 6.07) is 67.3. The average Bonchev–Trinajstić information content (AvgIpc) is 3.60. The van der Waals surface area contributed by atoms with E-state index in [1.807, 2.05) is 84.9 Å². The van der Waals surface area contributed by atoms with Crippen LogP contribution in [-0.2, 0) is 0 Å². The fourth-order valence-corrected chi connectivity index (χ4v) is 7.59. The highest BCUT2D eigenvalue weighted by molar-refractivity contribution is 6.12. The van der Waals surface area contributed by atoms with Crippen molar-refractivity contribution in [3.8, 4) is 73.2 Å². The van der Waals surface area contributed by atoms with Gasteiger partial charge in [-0.15, -0.1) is 0 Å². The molecule has 0 spiro atoms. The summed E-state index contributed by atoms with van der Waals surface area (Å²) in [5.74, 6) is 1.41. The lowest BCUT2D eigenvalue weighted by atomic mass is 10.0. The van der Waals surface area contributed by atoms with Crippen LogP contribution >= 0.6 is 0 Å². The van der Waals surface area contributed by atoms with E-state index < -0.39 is 0 Å². The lowest BCUT2D eigenvalue weighted by Gasteiger charge is -2.17. The van der Waals surface area contributed by atoms with Crippen molar-refractivity contribution in [2.24, 2.45) is 0 Å². The maximum Gasteiger partial charge on any atom is 0.166 e. The van der Waals surface area contributed by atoms with Crippen LogP contribution in [0.4, 0.5) is 4.39 Å². The zero-order valence-electron chi connectivity index (χ0n) is 30.2. The molecule has 0 amide bonds. The molecule has 4 nitrogen and oxygen atoms in total. The Morgan fingerprint density at radius 2 is 0.732 bits per heavy atom. The molecule has 0 atom stereocenters. The quantitative estimate of drug-likeness (QED) is 0.165. The van der Waals surface area contributed by atoms with Crippen LogP contribution < -0.4 is 0 Å². The number of hydrogen-bond acceptors (Lipinski definition) is 3. The average molecular weight is 721 g/mol. The second-order valence-electron chi connectivity index (χ2n) is 13.8. The predicted octanol–water partition coefficient (Wildman–Crippen LogP) is 13.1.